The molecule has 0 fully saturated rings. The van der Waals surface area contributed by atoms with Crippen LogP contribution in [-0.4, -0.2) is 26.5 Å². The Bertz CT molecular complexity index is 1640. The summed E-state index contributed by atoms with van der Waals surface area (Å²) in [6.45, 7) is 5.56. The highest BCUT2D eigenvalue weighted by Gasteiger charge is 2.38. The molecule has 0 saturated carbocycles. The molecule has 3 N–H and O–H groups in total. The first-order valence-electron chi connectivity index (χ1n) is 12.3. The molecule has 0 aliphatic carbocycles. The van der Waals surface area contributed by atoms with E-state index >= 15 is 0 Å². The maximum Gasteiger partial charge on any atom is 0.275 e. The molecule has 1 atom stereocenters. The number of nitro groups is 1. The van der Waals surface area contributed by atoms with Gasteiger partial charge in [-0.1, -0.05) is 48.0 Å². The van der Waals surface area contributed by atoms with E-state index in [0.29, 0.717) is 22.9 Å². The van der Waals surface area contributed by atoms with Crippen LogP contribution in [0.5, 0.6) is 0 Å². The molecule has 1 aromatic heterocycles. The number of hydrogen-bond acceptors (Lipinski definition) is 6. The van der Waals surface area contributed by atoms with Crippen LogP contribution in [0.1, 0.15) is 40.0 Å². The van der Waals surface area contributed by atoms with Crippen LogP contribution in [0.3, 0.4) is 0 Å². The van der Waals surface area contributed by atoms with Gasteiger partial charge >= 0.3 is 0 Å². The highest BCUT2D eigenvalue weighted by Crippen LogP contribution is 2.41. The van der Waals surface area contributed by atoms with Crippen molar-refractivity contribution in [1.29, 1.82) is 0 Å². The summed E-state index contributed by atoms with van der Waals surface area (Å²) in [4.78, 5) is 38.5. The Morgan fingerprint density at radius 1 is 0.949 bits per heavy atom. The molecule has 0 unspecified atom stereocenters. The Hall–Kier alpha value is -5.25. The highest BCUT2D eigenvalue weighted by molar-refractivity contribution is 6.09. The Balaban J connectivity index is 1.60. The fourth-order valence-corrected chi connectivity index (χ4v) is 4.75. The maximum atomic E-state index is 13.8. The monoisotopic (exact) mass is 522 g/mol. The summed E-state index contributed by atoms with van der Waals surface area (Å²) in [5, 5.41) is 25.4. The smallest absolute Gasteiger partial charge is 0.275 e. The van der Waals surface area contributed by atoms with Crippen molar-refractivity contribution in [2.45, 2.75) is 26.8 Å². The summed E-state index contributed by atoms with van der Waals surface area (Å²) < 4.78 is 1.45. The molecule has 1 aliphatic heterocycles. The lowest BCUT2D eigenvalue weighted by Gasteiger charge is -2.30. The van der Waals surface area contributed by atoms with E-state index in [9.17, 15) is 19.7 Å². The van der Waals surface area contributed by atoms with Gasteiger partial charge in [0.1, 0.15) is 17.4 Å². The number of carbonyl (C=O) groups is 2. The van der Waals surface area contributed by atoms with Crippen LogP contribution in [-0.2, 0) is 4.79 Å². The number of allylic oxidation sites excluding steroid dienone is 1. The largest absolute Gasteiger partial charge is 0.343 e. The fourth-order valence-electron chi connectivity index (χ4n) is 4.75. The molecule has 5 rings (SSSR count). The lowest BCUT2D eigenvalue weighted by molar-refractivity contribution is -0.385. The number of benzene rings is 3. The Kier molecular flexibility index (Phi) is 6.68. The zero-order valence-corrected chi connectivity index (χ0v) is 21.6. The van der Waals surface area contributed by atoms with Crippen LogP contribution in [0, 0.1) is 24.0 Å². The van der Waals surface area contributed by atoms with E-state index in [1.165, 1.54) is 16.9 Å². The summed E-state index contributed by atoms with van der Waals surface area (Å²) in [5.41, 5.74) is 4.20. The molecular formula is C29H26N6O4. The van der Waals surface area contributed by atoms with Gasteiger partial charge in [0.25, 0.3) is 17.5 Å². The number of hydrogen-bond donors (Lipinski definition) is 3. The second kappa shape index (κ2) is 10.3. The van der Waals surface area contributed by atoms with Crippen LogP contribution in [0.4, 0.5) is 22.9 Å². The van der Waals surface area contributed by atoms with Gasteiger partial charge in [-0.25, -0.2) is 4.68 Å². The summed E-state index contributed by atoms with van der Waals surface area (Å²) >= 11 is 0. The third kappa shape index (κ3) is 4.87. The van der Waals surface area contributed by atoms with E-state index in [4.69, 9.17) is 0 Å². The van der Waals surface area contributed by atoms with Crippen molar-refractivity contribution >= 4 is 34.7 Å². The Morgan fingerprint density at radius 2 is 1.67 bits per heavy atom. The molecule has 39 heavy (non-hydrogen) atoms. The molecule has 0 bridgehead atoms. The topological polar surface area (TPSA) is 131 Å². The molecule has 196 valence electrons. The number of para-hydroxylation sites is 2. The van der Waals surface area contributed by atoms with Crippen molar-refractivity contribution in [3.05, 3.63) is 123 Å². The number of fused-ring (bicyclic) bond motifs is 1. The molecule has 1 aliphatic rings. The number of rotatable bonds is 6. The normalized spacial score (nSPS) is 14.3. The number of amides is 2. The van der Waals surface area contributed by atoms with Crippen molar-refractivity contribution in [1.82, 2.24) is 9.78 Å². The Morgan fingerprint density at radius 3 is 2.38 bits per heavy atom. The molecule has 0 saturated heterocycles. The lowest BCUT2D eigenvalue weighted by atomic mass is 9.93. The van der Waals surface area contributed by atoms with Crippen LogP contribution < -0.4 is 16.0 Å². The summed E-state index contributed by atoms with van der Waals surface area (Å²) in [6.07, 6.45) is 1.39. The van der Waals surface area contributed by atoms with Gasteiger partial charge in [-0.15, -0.1) is 0 Å². The third-order valence-corrected chi connectivity index (χ3v) is 6.60. The van der Waals surface area contributed by atoms with E-state index in [1.54, 1.807) is 49.4 Å². The van der Waals surface area contributed by atoms with E-state index in [2.05, 4.69) is 21.0 Å². The maximum absolute atomic E-state index is 13.8. The zero-order valence-electron chi connectivity index (χ0n) is 21.6. The SMILES string of the molecule is CC1=C(C(=O)Nc2ccc(C)cc2C)[C@@H](c2ccccc2[N+](=O)[O-])n2ncc(C(=O)Nc3ccccc3)c2N1. The second-order valence-electron chi connectivity index (χ2n) is 9.33. The van der Waals surface area contributed by atoms with Crippen molar-refractivity contribution in [2.75, 3.05) is 16.0 Å². The Labute approximate surface area is 224 Å². The summed E-state index contributed by atoms with van der Waals surface area (Å²) in [6, 6.07) is 19.9. The second-order valence-corrected chi connectivity index (χ2v) is 9.33. The number of anilines is 3. The number of nitrogens with one attached hydrogen (secondary N) is 3. The van der Waals surface area contributed by atoms with Gasteiger partial charge in [0.15, 0.2) is 0 Å². The molecular weight excluding hydrogens is 496 g/mol. The minimum absolute atomic E-state index is 0.161. The molecule has 0 spiro atoms. The van der Waals surface area contributed by atoms with Gasteiger partial charge in [-0.3, -0.25) is 19.7 Å². The molecule has 4 aromatic rings. The first-order valence-corrected chi connectivity index (χ1v) is 12.3. The molecule has 2 heterocycles. The average molecular weight is 523 g/mol. The zero-order chi connectivity index (χ0) is 27.7. The summed E-state index contributed by atoms with van der Waals surface area (Å²) in [5.74, 6) is -0.522. The number of aryl methyl sites for hydroxylation is 2. The van der Waals surface area contributed by atoms with Crippen LogP contribution in [0.25, 0.3) is 0 Å². The standard InChI is InChI=1S/C29H26N6O4/c1-17-13-14-23(18(2)15-17)33-29(37)25-19(3)31-27-22(28(36)32-20-9-5-4-6-10-20)16-30-34(27)26(25)21-11-7-8-12-24(21)35(38)39/h4-16,26,31H,1-3H3,(H,32,36)(H,33,37)/t26-/m1/s1. The molecule has 2 amide bonds. The number of carbonyl (C=O) groups excluding carboxylic acids is 2. The van der Waals surface area contributed by atoms with E-state index in [-0.39, 0.29) is 22.4 Å². The van der Waals surface area contributed by atoms with Crippen molar-refractivity contribution in [3.63, 3.8) is 0 Å². The van der Waals surface area contributed by atoms with E-state index in [0.717, 1.165) is 11.1 Å². The van der Waals surface area contributed by atoms with Crippen molar-refractivity contribution in [3.8, 4) is 0 Å². The van der Waals surface area contributed by atoms with Gasteiger partial charge < -0.3 is 16.0 Å². The van der Waals surface area contributed by atoms with Crippen molar-refractivity contribution < 1.29 is 14.5 Å². The van der Waals surface area contributed by atoms with E-state index < -0.39 is 22.8 Å². The minimum atomic E-state index is -0.966. The van der Waals surface area contributed by atoms with Crippen molar-refractivity contribution in [2.24, 2.45) is 0 Å². The van der Waals surface area contributed by atoms with Crippen LogP contribution in [0.15, 0.2) is 90.3 Å². The summed E-state index contributed by atoms with van der Waals surface area (Å²) in [7, 11) is 0. The van der Waals surface area contributed by atoms with Crippen LogP contribution >= 0.6 is 0 Å². The predicted molar refractivity (Wildman–Crippen MR) is 149 cm³/mol. The van der Waals surface area contributed by atoms with Crippen LogP contribution in [0.2, 0.25) is 0 Å². The minimum Gasteiger partial charge on any atom is -0.343 e. The fraction of sp³-hybridized carbons (Fsp3) is 0.138. The first-order chi connectivity index (χ1) is 18.7. The molecule has 10 heteroatoms. The number of nitro benzene ring substituents is 1. The average Bonchev–Trinajstić information content (AvgIpc) is 3.33. The van der Waals surface area contributed by atoms with Gasteiger partial charge in [-0.2, -0.15) is 5.10 Å². The quantitative estimate of drug-likeness (QED) is 0.224. The highest BCUT2D eigenvalue weighted by atomic mass is 16.6. The lowest BCUT2D eigenvalue weighted by Crippen LogP contribution is -2.32. The molecule has 3 aromatic carbocycles. The molecule has 10 nitrogen and oxygen atoms in total. The third-order valence-electron chi connectivity index (χ3n) is 6.60. The predicted octanol–water partition coefficient (Wildman–Crippen LogP) is 5.59. The van der Waals surface area contributed by atoms with E-state index in [1.807, 2.05) is 38.1 Å². The molecule has 0 radical (unpaired) electrons. The number of nitrogens with zero attached hydrogens (tertiary/aromatic N) is 3. The van der Waals surface area contributed by atoms with Gasteiger partial charge in [-0.05, 0) is 50.6 Å². The first kappa shape index (κ1) is 25.4. The van der Waals surface area contributed by atoms with Gasteiger partial charge in [0.05, 0.1) is 22.3 Å². The number of aromatic nitrogens is 2. The van der Waals surface area contributed by atoms with Gasteiger partial charge in [0.2, 0.25) is 0 Å². The van der Waals surface area contributed by atoms with Gasteiger partial charge in [0, 0.05) is 23.1 Å².